The van der Waals surface area contributed by atoms with Gasteiger partial charge in [0.2, 0.25) is 0 Å². The van der Waals surface area contributed by atoms with E-state index >= 15 is 0 Å². The quantitative estimate of drug-likeness (QED) is 0.182. The van der Waals surface area contributed by atoms with Crippen molar-refractivity contribution in [3.63, 3.8) is 0 Å². The average Bonchev–Trinajstić information content (AvgIpc) is 3.46. The molecule has 12 heteroatoms. The van der Waals surface area contributed by atoms with Crippen molar-refractivity contribution in [3.05, 3.63) is 74.3 Å². The zero-order chi connectivity index (χ0) is 32.5. The van der Waals surface area contributed by atoms with Crippen LogP contribution in [0.4, 0.5) is 15.5 Å². The zero-order valence-corrected chi connectivity index (χ0v) is 28.4. The first-order chi connectivity index (χ1) is 21.3. The predicted molar refractivity (Wildman–Crippen MR) is 182 cm³/mol. The molecule has 2 aromatic carbocycles. The number of nitrogens with zero attached hydrogens (tertiary/aromatic N) is 2. The van der Waals surface area contributed by atoms with Gasteiger partial charge in [0.15, 0.2) is 0 Å². The molecule has 4 aromatic rings. The molecule has 1 amide bonds. The number of aromatic nitrogens is 1. The number of H-pyrrole nitrogens is 1. The van der Waals surface area contributed by atoms with Gasteiger partial charge in [0.1, 0.15) is 16.4 Å². The maximum Gasteiger partial charge on any atom is 0.410 e. The number of nitrogens with one attached hydrogen (secondary N) is 1. The van der Waals surface area contributed by atoms with Crippen molar-refractivity contribution in [2.24, 2.45) is 0 Å². The molecular formula is C33H38ClN3O6S2. The minimum absolute atomic E-state index is 0.0809. The number of aryl methyl sites for hydroxylation is 2. The van der Waals surface area contributed by atoms with Crippen molar-refractivity contribution in [3.8, 4) is 16.9 Å². The van der Waals surface area contributed by atoms with Crippen LogP contribution < -0.4 is 14.6 Å². The highest BCUT2D eigenvalue weighted by molar-refractivity contribution is 7.81. The Kier molecular flexibility index (Phi) is 9.93. The van der Waals surface area contributed by atoms with Crippen molar-refractivity contribution in [2.75, 3.05) is 17.5 Å². The van der Waals surface area contributed by atoms with Gasteiger partial charge in [0, 0.05) is 24.4 Å². The molecule has 45 heavy (non-hydrogen) atoms. The number of carbonyl (C=O) groups is 1. The summed E-state index contributed by atoms with van der Waals surface area (Å²) in [4.78, 5) is 31.4. The van der Waals surface area contributed by atoms with Crippen molar-refractivity contribution >= 4 is 61.9 Å². The molecule has 1 aliphatic rings. The molecular weight excluding hydrogens is 634 g/mol. The minimum Gasteiger partial charge on any atom is -0.492 e. The molecule has 3 heterocycles. The highest BCUT2D eigenvalue weighted by atomic mass is 35.5. The molecule has 2 unspecified atom stereocenters. The number of aromatic amines is 1. The molecule has 9 nitrogen and oxygen atoms in total. The molecule has 0 radical (unpaired) electrons. The Labute approximate surface area is 274 Å². The summed E-state index contributed by atoms with van der Waals surface area (Å²) in [6.45, 7) is 10.3. The third kappa shape index (κ3) is 7.54. The first-order valence-electron chi connectivity index (χ1n) is 14.9. The SMILES string of the molecule is Cc1cc(C)cc(-c2c(OCCC3CCCCN3C(=O)OC(C)(C)C)c3cc(N(c4cccs4)S(=O)O)c(Cl)cc3[nH]c2=O)c1. The van der Waals surface area contributed by atoms with Crippen molar-refractivity contribution in [2.45, 2.75) is 71.9 Å². The first kappa shape index (κ1) is 33.0. The molecule has 0 saturated carbocycles. The van der Waals surface area contributed by atoms with E-state index in [4.69, 9.17) is 21.1 Å². The summed E-state index contributed by atoms with van der Waals surface area (Å²) in [5.74, 6) is 0.339. The van der Waals surface area contributed by atoms with Gasteiger partial charge in [-0.3, -0.25) is 9.35 Å². The topological polar surface area (TPSA) is 112 Å². The van der Waals surface area contributed by atoms with E-state index in [0.717, 1.165) is 30.4 Å². The van der Waals surface area contributed by atoms with Crippen LogP contribution in [0.3, 0.4) is 0 Å². The predicted octanol–water partition coefficient (Wildman–Crippen LogP) is 8.36. The standard InChI is InChI=1S/C33H38ClN3O6S2/c1-20-15-21(2)17-22(16-20)29-30(42-13-11-23-9-6-7-12-36(23)32(39)43-33(3,4)5)24-18-27(25(34)19-26(24)35-31(29)38)37(45(40)41)28-10-8-14-44-28/h8,10,14-19,23H,6-7,9,11-13H2,1-5H3,(H,35,38)(H,40,41). The second kappa shape index (κ2) is 13.5. The van der Waals surface area contributed by atoms with Crippen LogP contribution in [-0.2, 0) is 16.0 Å². The number of hydrogen-bond donors (Lipinski definition) is 2. The van der Waals surface area contributed by atoms with Gasteiger partial charge in [-0.25, -0.2) is 13.3 Å². The van der Waals surface area contributed by atoms with E-state index in [1.165, 1.54) is 15.6 Å². The average molecular weight is 672 g/mol. The molecule has 0 bridgehead atoms. The largest absolute Gasteiger partial charge is 0.492 e. The Hall–Kier alpha value is -3.38. The van der Waals surface area contributed by atoms with E-state index in [0.29, 0.717) is 51.4 Å². The number of fused-ring (bicyclic) bond motifs is 1. The number of ether oxygens (including phenoxy) is 2. The smallest absolute Gasteiger partial charge is 0.410 e. The monoisotopic (exact) mass is 671 g/mol. The van der Waals surface area contributed by atoms with E-state index < -0.39 is 16.9 Å². The molecule has 1 fully saturated rings. The molecule has 5 rings (SSSR count). The van der Waals surface area contributed by atoms with Gasteiger partial charge >= 0.3 is 6.09 Å². The van der Waals surface area contributed by atoms with Crippen molar-refractivity contribution in [1.29, 1.82) is 0 Å². The van der Waals surface area contributed by atoms with Crippen LogP contribution in [0, 0.1) is 13.8 Å². The third-order valence-electron chi connectivity index (χ3n) is 7.58. The summed E-state index contributed by atoms with van der Waals surface area (Å²) >= 11 is 5.54. The highest BCUT2D eigenvalue weighted by Gasteiger charge is 2.31. The number of thiophene rings is 1. The molecule has 1 saturated heterocycles. The summed E-state index contributed by atoms with van der Waals surface area (Å²) in [6, 6.07) is 12.6. The summed E-state index contributed by atoms with van der Waals surface area (Å²) in [5.41, 5.74) is 2.79. The second-order valence-electron chi connectivity index (χ2n) is 12.3. The van der Waals surface area contributed by atoms with Gasteiger partial charge < -0.3 is 19.4 Å². The third-order valence-corrected chi connectivity index (χ3v) is 9.56. The maximum atomic E-state index is 13.7. The zero-order valence-electron chi connectivity index (χ0n) is 26.0. The fourth-order valence-electron chi connectivity index (χ4n) is 5.79. The van der Waals surface area contributed by atoms with E-state index in [-0.39, 0.29) is 29.3 Å². The van der Waals surface area contributed by atoms with Crippen LogP contribution in [0.5, 0.6) is 5.75 Å². The lowest BCUT2D eigenvalue weighted by Gasteiger charge is -2.36. The van der Waals surface area contributed by atoms with Crippen LogP contribution in [0.25, 0.3) is 22.0 Å². The molecule has 1 aliphatic heterocycles. The summed E-state index contributed by atoms with van der Waals surface area (Å²) in [5, 5.41) is 3.05. The Balaban J connectivity index is 1.59. The number of pyridine rings is 1. The van der Waals surface area contributed by atoms with E-state index in [9.17, 15) is 18.4 Å². The number of carbonyl (C=O) groups excluding carboxylic acids is 1. The lowest BCUT2D eigenvalue weighted by Crippen LogP contribution is -2.46. The number of piperidine rings is 1. The number of likely N-dealkylation sites (tertiary alicyclic amines) is 1. The maximum absolute atomic E-state index is 13.7. The molecule has 240 valence electrons. The summed E-state index contributed by atoms with van der Waals surface area (Å²) < 4.78 is 36.3. The second-order valence-corrected chi connectivity index (χ2v) is 14.5. The fraction of sp³-hybridized carbons (Fsp3) is 0.394. The van der Waals surface area contributed by atoms with Crippen molar-refractivity contribution < 1.29 is 23.0 Å². The number of halogens is 1. The summed E-state index contributed by atoms with van der Waals surface area (Å²) in [7, 11) is 0. The van der Waals surface area contributed by atoms with Gasteiger partial charge in [-0.05, 0) is 89.1 Å². The highest BCUT2D eigenvalue weighted by Crippen LogP contribution is 2.42. The van der Waals surface area contributed by atoms with E-state index in [1.807, 2.05) is 52.8 Å². The van der Waals surface area contributed by atoms with Gasteiger partial charge in [-0.1, -0.05) is 40.9 Å². The van der Waals surface area contributed by atoms with Crippen LogP contribution in [-0.4, -0.2) is 49.5 Å². The normalized spacial score (nSPS) is 16.1. The van der Waals surface area contributed by atoms with Crippen LogP contribution in [0.15, 0.2) is 52.6 Å². The van der Waals surface area contributed by atoms with E-state index in [1.54, 1.807) is 34.5 Å². The number of hydrogen-bond acceptors (Lipinski definition) is 6. The summed E-state index contributed by atoms with van der Waals surface area (Å²) in [6.07, 6.45) is 2.91. The lowest BCUT2D eigenvalue weighted by molar-refractivity contribution is 0.00745. The van der Waals surface area contributed by atoms with Gasteiger partial charge in [0.05, 0.1) is 28.4 Å². The Morgan fingerprint density at radius 1 is 1.18 bits per heavy atom. The van der Waals surface area contributed by atoms with Gasteiger partial charge in [-0.15, -0.1) is 11.3 Å². The Morgan fingerprint density at radius 3 is 2.56 bits per heavy atom. The Morgan fingerprint density at radius 2 is 1.91 bits per heavy atom. The fourth-order valence-corrected chi connectivity index (χ4v) is 7.59. The Bertz CT molecular complexity index is 1760. The van der Waals surface area contributed by atoms with E-state index in [2.05, 4.69) is 4.98 Å². The van der Waals surface area contributed by atoms with Crippen LogP contribution in [0.2, 0.25) is 5.02 Å². The molecule has 2 aromatic heterocycles. The van der Waals surface area contributed by atoms with Gasteiger partial charge in [0.25, 0.3) is 16.8 Å². The molecule has 0 spiro atoms. The number of rotatable bonds is 8. The minimum atomic E-state index is -2.42. The van der Waals surface area contributed by atoms with Crippen LogP contribution in [0.1, 0.15) is 57.6 Å². The molecule has 2 atom stereocenters. The van der Waals surface area contributed by atoms with Crippen molar-refractivity contribution in [1.82, 2.24) is 9.88 Å². The molecule has 0 aliphatic carbocycles. The first-order valence-corrected chi connectivity index (χ1v) is 17.2. The number of amides is 1. The molecule has 2 N–H and O–H groups in total. The lowest BCUT2D eigenvalue weighted by atomic mass is 9.98. The van der Waals surface area contributed by atoms with Crippen LogP contribution >= 0.6 is 22.9 Å². The van der Waals surface area contributed by atoms with Gasteiger partial charge in [-0.2, -0.15) is 0 Å². The number of benzene rings is 2. The number of anilines is 2.